The van der Waals surface area contributed by atoms with E-state index in [0.29, 0.717) is 25.1 Å². The summed E-state index contributed by atoms with van der Waals surface area (Å²) in [6.07, 6.45) is 0.161. The summed E-state index contributed by atoms with van der Waals surface area (Å²) in [7, 11) is -3.34. The zero-order chi connectivity index (χ0) is 20.1. The van der Waals surface area contributed by atoms with Crippen molar-refractivity contribution in [1.82, 2.24) is 19.9 Å². The van der Waals surface area contributed by atoms with E-state index in [-0.39, 0.29) is 25.2 Å². The molecule has 0 bridgehead atoms. The van der Waals surface area contributed by atoms with Crippen molar-refractivity contribution in [2.24, 2.45) is 0 Å². The molecule has 11 heteroatoms. The Kier molecular flexibility index (Phi) is 7.04. The molecule has 1 aromatic rings. The first-order chi connectivity index (χ1) is 12.6. The summed E-state index contributed by atoms with van der Waals surface area (Å²) < 4.78 is 62.5. The fraction of sp³-hybridized carbons (Fsp3) is 0.625. The summed E-state index contributed by atoms with van der Waals surface area (Å²) in [5, 5.41) is 2.72. The van der Waals surface area contributed by atoms with Gasteiger partial charge in [-0.05, 0) is 31.4 Å². The summed E-state index contributed by atoms with van der Waals surface area (Å²) >= 11 is 0. The Balaban J connectivity index is 1.84. The summed E-state index contributed by atoms with van der Waals surface area (Å²) in [6.45, 7) is 0.910. The highest BCUT2D eigenvalue weighted by Gasteiger charge is 2.30. The topological polar surface area (TPSA) is 91.4 Å². The van der Waals surface area contributed by atoms with Crippen LogP contribution in [0.25, 0.3) is 0 Å². The fourth-order valence-corrected chi connectivity index (χ4v) is 3.36. The van der Waals surface area contributed by atoms with Crippen LogP contribution >= 0.6 is 0 Å². The highest BCUT2D eigenvalue weighted by Crippen LogP contribution is 2.28. The molecule has 152 valence electrons. The number of hydrogen-bond donors (Lipinski definition) is 2. The van der Waals surface area contributed by atoms with Crippen LogP contribution in [0, 0.1) is 0 Å². The highest BCUT2D eigenvalue weighted by molar-refractivity contribution is 7.88. The van der Waals surface area contributed by atoms with Crippen LogP contribution in [0.3, 0.4) is 0 Å². The molecule has 1 aromatic heterocycles. The number of carbonyl (C=O) groups excluding carboxylic acids is 1. The lowest BCUT2D eigenvalue weighted by Gasteiger charge is -2.35. The van der Waals surface area contributed by atoms with Crippen molar-refractivity contribution in [2.75, 3.05) is 25.9 Å². The molecule has 27 heavy (non-hydrogen) atoms. The van der Waals surface area contributed by atoms with Crippen LogP contribution < -0.4 is 10.0 Å². The Morgan fingerprint density at radius 2 is 2.07 bits per heavy atom. The Morgan fingerprint density at radius 3 is 2.67 bits per heavy atom. The fourth-order valence-electron chi connectivity index (χ4n) is 2.87. The zero-order valence-corrected chi connectivity index (χ0v) is 15.7. The third-order valence-corrected chi connectivity index (χ3v) is 4.97. The van der Waals surface area contributed by atoms with E-state index in [4.69, 9.17) is 0 Å². The molecular weight excluding hydrogens is 385 g/mol. The number of halogens is 3. The minimum absolute atomic E-state index is 0.159. The molecule has 0 spiro atoms. The van der Waals surface area contributed by atoms with Crippen LogP contribution in [0.15, 0.2) is 18.3 Å². The van der Waals surface area contributed by atoms with Gasteiger partial charge < -0.3 is 10.2 Å². The Morgan fingerprint density at radius 1 is 1.33 bits per heavy atom. The Bertz CT molecular complexity index is 738. The number of piperidine rings is 1. The number of nitrogens with zero attached hydrogens (tertiary/aromatic N) is 2. The molecule has 2 amide bonds. The summed E-state index contributed by atoms with van der Waals surface area (Å²) in [4.78, 5) is 17.7. The van der Waals surface area contributed by atoms with E-state index in [1.54, 1.807) is 4.90 Å². The number of pyridine rings is 1. The van der Waals surface area contributed by atoms with Gasteiger partial charge in [0.05, 0.1) is 11.8 Å². The van der Waals surface area contributed by atoms with E-state index < -0.39 is 21.8 Å². The van der Waals surface area contributed by atoms with Crippen molar-refractivity contribution < 1.29 is 26.4 Å². The number of nitrogens with one attached hydrogen (secondary N) is 2. The predicted octanol–water partition coefficient (Wildman–Crippen LogP) is 1.76. The number of aromatic nitrogens is 1. The third kappa shape index (κ3) is 6.98. The molecule has 7 nitrogen and oxygen atoms in total. The number of amides is 2. The molecule has 1 fully saturated rings. The van der Waals surface area contributed by atoms with Crippen LogP contribution in [-0.2, 0) is 22.6 Å². The first-order valence-electron chi connectivity index (χ1n) is 8.57. The van der Waals surface area contributed by atoms with Gasteiger partial charge in [0.25, 0.3) is 0 Å². The number of likely N-dealkylation sites (tertiary alicyclic amines) is 1. The molecule has 2 heterocycles. The molecule has 0 aromatic carbocycles. The van der Waals surface area contributed by atoms with E-state index in [1.807, 2.05) is 0 Å². The number of sulfonamides is 1. The number of alkyl halides is 3. The second-order valence-corrected chi connectivity index (χ2v) is 8.31. The summed E-state index contributed by atoms with van der Waals surface area (Å²) in [5.41, 5.74) is -0.373. The van der Waals surface area contributed by atoms with Crippen LogP contribution in [0.1, 0.15) is 30.5 Å². The largest absolute Gasteiger partial charge is 0.417 e. The monoisotopic (exact) mass is 408 g/mol. The van der Waals surface area contributed by atoms with Crippen molar-refractivity contribution in [3.8, 4) is 0 Å². The van der Waals surface area contributed by atoms with Crippen LogP contribution in [0.2, 0.25) is 0 Å². The normalized spacial score (nSPS) is 18.4. The molecule has 0 aliphatic carbocycles. The molecule has 1 aliphatic rings. The Hall–Kier alpha value is -1.88. The van der Waals surface area contributed by atoms with E-state index in [2.05, 4.69) is 15.0 Å². The van der Waals surface area contributed by atoms with Crippen molar-refractivity contribution in [1.29, 1.82) is 0 Å². The third-order valence-electron chi connectivity index (χ3n) is 4.28. The van der Waals surface area contributed by atoms with Gasteiger partial charge in [0.2, 0.25) is 10.0 Å². The first kappa shape index (κ1) is 21.4. The molecular formula is C16H23F3N4O3S. The van der Waals surface area contributed by atoms with Crippen LogP contribution in [0.4, 0.5) is 18.0 Å². The maximum atomic E-state index is 12.5. The van der Waals surface area contributed by atoms with Gasteiger partial charge in [0.15, 0.2) is 0 Å². The number of carbonyl (C=O) groups is 1. The maximum absolute atomic E-state index is 12.5. The lowest BCUT2D eigenvalue weighted by molar-refractivity contribution is -0.137. The summed E-state index contributed by atoms with van der Waals surface area (Å²) in [6, 6.07) is 1.70. The second kappa shape index (κ2) is 8.87. The van der Waals surface area contributed by atoms with Gasteiger partial charge >= 0.3 is 12.2 Å². The van der Waals surface area contributed by atoms with Crippen molar-refractivity contribution >= 4 is 16.1 Å². The summed E-state index contributed by atoms with van der Waals surface area (Å²) in [5.74, 6) is 0. The Labute approximate surface area is 156 Å². The van der Waals surface area contributed by atoms with E-state index in [0.717, 1.165) is 31.4 Å². The van der Waals surface area contributed by atoms with Crippen molar-refractivity contribution in [2.45, 2.75) is 37.9 Å². The number of urea groups is 1. The first-order valence-corrected chi connectivity index (χ1v) is 10.5. The van der Waals surface area contributed by atoms with Gasteiger partial charge in [-0.2, -0.15) is 13.2 Å². The standard InChI is InChI=1S/C16H23F3N4O3S/c1-27(25,26)22-11-14-4-2-3-9-23(14)15(24)20-8-7-13-6-5-12(10-21-13)16(17,18)19/h5-6,10,14,22H,2-4,7-9,11H2,1H3,(H,20,24). The quantitative estimate of drug-likeness (QED) is 0.750. The predicted molar refractivity (Wildman–Crippen MR) is 93.5 cm³/mol. The van der Waals surface area contributed by atoms with Crippen molar-refractivity contribution in [3.63, 3.8) is 0 Å². The average molecular weight is 408 g/mol. The maximum Gasteiger partial charge on any atom is 0.417 e. The van der Waals surface area contributed by atoms with Crippen LogP contribution in [0.5, 0.6) is 0 Å². The molecule has 1 aliphatic heterocycles. The molecule has 0 radical (unpaired) electrons. The van der Waals surface area contributed by atoms with Gasteiger partial charge in [-0.1, -0.05) is 0 Å². The SMILES string of the molecule is CS(=O)(=O)NCC1CCCCN1C(=O)NCCc1ccc(C(F)(F)F)cn1. The van der Waals surface area contributed by atoms with Crippen LogP contribution in [-0.4, -0.2) is 56.3 Å². The molecule has 1 atom stereocenters. The van der Waals surface area contributed by atoms with Gasteiger partial charge in [-0.25, -0.2) is 17.9 Å². The van der Waals surface area contributed by atoms with E-state index >= 15 is 0 Å². The zero-order valence-electron chi connectivity index (χ0n) is 14.9. The highest BCUT2D eigenvalue weighted by atomic mass is 32.2. The lowest BCUT2D eigenvalue weighted by Crippen LogP contribution is -2.52. The van der Waals surface area contributed by atoms with Crippen molar-refractivity contribution in [3.05, 3.63) is 29.6 Å². The van der Waals surface area contributed by atoms with Gasteiger partial charge in [-0.15, -0.1) is 0 Å². The van der Waals surface area contributed by atoms with Gasteiger partial charge in [0, 0.05) is 44.0 Å². The molecule has 0 saturated carbocycles. The smallest absolute Gasteiger partial charge is 0.338 e. The molecule has 2 N–H and O–H groups in total. The average Bonchev–Trinajstić information content (AvgIpc) is 2.59. The molecule has 1 unspecified atom stereocenters. The van der Waals surface area contributed by atoms with E-state index in [9.17, 15) is 26.4 Å². The van der Waals surface area contributed by atoms with E-state index in [1.165, 1.54) is 6.07 Å². The minimum Gasteiger partial charge on any atom is -0.338 e. The van der Waals surface area contributed by atoms with Gasteiger partial charge in [0.1, 0.15) is 0 Å². The lowest BCUT2D eigenvalue weighted by atomic mass is 10.0. The minimum atomic E-state index is -4.43. The van der Waals surface area contributed by atoms with Gasteiger partial charge in [-0.3, -0.25) is 4.98 Å². The molecule has 1 saturated heterocycles. The second-order valence-electron chi connectivity index (χ2n) is 6.48. The number of hydrogen-bond acceptors (Lipinski definition) is 4. The number of rotatable bonds is 6. The molecule has 2 rings (SSSR count).